The number of carbonyl (C=O) groups is 2. The van der Waals surface area contributed by atoms with E-state index < -0.39 is 17.8 Å². The van der Waals surface area contributed by atoms with Gasteiger partial charge in [0, 0.05) is 0 Å². The number of furan rings is 1. The number of hydrogen-bond acceptors (Lipinski definition) is 3. The summed E-state index contributed by atoms with van der Waals surface area (Å²) in [5.41, 5.74) is -0.295. The van der Waals surface area contributed by atoms with Crippen LogP contribution in [0.15, 0.2) is 41.0 Å². The second-order valence-corrected chi connectivity index (χ2v) is 3.89. The van der Waals surface area contributed by atoms with E-state index in [1.165, 1.54) is 18.4 Å². The minimum atomic E-state index is -1.24. The van der Waals surface area contributed by atoms with E-state index in [-0.39, 0.29) is 17.8 Å². The molecule has 7 heteroatoms. The van der Waals surface area contributed by atoms with Gasteiger partial charge in [-0.25, -0.2) is 14.0 Å². The monoisotopic (exact) mass is 278 g/mol. The summed E-state index contributed by atoms with van der Waals surface area (Å²) in [5, 5.41) is 13.4. The van der Waals surface area contributed by atoms with Crippen LogP contribution in [-0.4, -0.2) is 17.1 Å². The first-order valence-corrected chi connectivity index (χ1v) is 5.66. The number of benzene rings is 1. The molecule has 0 atom stereocenters. The van der Waals surface area contributed by atoms with Crippen LogP contribution in [0.5, 0.6) is 0 Å². The van der Waals surface area contributed by atoms with E-state index in [2.05, 4.69) is 10.6 Å². The van der Waals surface area contributed by atoms with Gasteiger partial charge in [0.1, 0.15) is 11.6 Å². The van der Waals surface area contributed by atoms with Gasteiger partial charge in [0.2, 0.25) is 0 Å². The molecule has 0 fully saturated rings. The zero-order chi connectivity index (χ0) is 14.5. The number of anilines is 1. The molecule has 1 aromatic heterocycles. The molecule has 0 aliphatic heterocycles. The Morgan fingerprint density at radius 1 is 1.30 bits per heavy atom. The van der Waals surface area contributed by atoms with Gasteiger partial charge in [0.15, 0.2) is 0 Å². The second-order valence-electron chi connectivity index (χ2n) is 3.89. The molecule has 2 aromatic rings. The van der Waals surface area contributed by atoms with Crippen molar-refractivity contribution in [3.63, 3.8) is 0 Å². The lowest BCUT2D eigenvalue weighted by Gasteiger charge is -2.08. The van der Waals surface area contributed by atoms with E-state index >= 15 is 0 Å². The van der Waals surface area contributed by atoms with E-state index in [0.29, 0.717) is 5.76 Å². The summed E-state index contributed by atoms with van der Waals surface area (Å²) < 4.78 is 18.6. The molecule has 0 aliphatic carbocycles. The van der Waals surface area contributed by atoms with Gasteiger partial charge in [0.05, 0.1) is 24.1 Å². The molecule has 104 valence electrons. The zero-order valence-corrected chi connectivity index (χ0v) is 10.2. The Morgan fingerprint density at radius 3 is 2.70 bits per heavy atom. The number of carboxylic acid groups (broad SMARTS) is 1. The van der Waals surface area contributed by atoms with E-state index in [1.807, 2.05) is 0 Å². The summed E-state index contributed by atoms with van der Waals surface area (Å²) in [5.74, 6) is -1.50. The lowest BCUT2D eigenvalue weighted by molar-refractivity contribution is 0.0696. The summed E-state index contributed by atoms with van der Waals surface area (Å²) in [6.07, 6.45) is 1.47. The minimum Gasteiger partial charge on any atom is -0.478 e. The average molecular weight is 278 g/mol. The maximum Gasteiger partial charge on any atom is 0.335 e. The van der Waals surface area contributed by atoms with Crippen molar-refractivity contribution in [3.05, 3.63) is 53.7 Å². The molecule has 0 spiro atoms. The van der Waals surface area contributed by atoms with Crippen molar-refractivity contribution in [3.8, 4) is 0 Å². The van der Waals surface area contributed by atoms with Crippen LogP contribution in [0, 0.1) is 5.82 Å². The van der Waals surface area contributed by atoms with E-state index in [4.69, 9.17) is 9.52 Å². The van der Waals surface area contributed by atoms with Crippen molar-refractivity contribution < 1.29 is 23.5 Å². The molecule has 2 rings (SSSR count). The molecule has 0 aliphatic rings. The third-order valence-electron chi connectivity index (χ3n) is 2.47. The number of carbonyl (C=O) groups excluding carboxylic acids is 1. The molecule has 20 heavy (non-hydrogen) atoms. The van der Waals surface area contributed by atoms with Crippen molar-refractivity contribution in [1.82, 2.24) is 5.32 Å². The van der Waals surface area contributed by atoms with Gasteiger partial charge in [-0.2, -0.15) is 0 Å². The van der Waals surface area contributed by atoms with Gasteiger partial charge >= 0.3 is 12.0 Å². The van der Waals surface area contributed by atoms with E-state index in [9.17, 15) is 14.0 Å². The number of hydrogen-bond donors (Lipinski definition) is 3. The van der Waals surface area contributed by atoms with Gasteiger partial charge in [-0.05, 0) is 30.3 Å². The number of halogens is 1. The molecule has 0 unspecified atom stereocenters. The molecule has 2 amide bonds. The highest BCUT2D eigenvalue weighted by Gasteiger charge is 2.10. The van der Waals surface area contributed by atoms with Gasteiger partial charge in [0.25, 0.3) is 0 Å². The molecule has 3 N–H and O–H groups in total. The van der Waals surface area contributed by atoms with Crippen LogP contribution in [0.2, 0.25) is 0 Å². The summed E-state index contributed by atoms with van der Waals surface area (Å²) in [6, 6.07) is 5.97. The number of aromatic carboxylic acids is 1. The van der Waals surface area contributed by atoms with E-state index in [1.54, 1.807) is 12.1 Å². The topological polar surface area (TPSA) is 91.6 Å². The Kier molecular flexibility index (Phi) is 3.99. The second kappa shape index (κ2) is 5.87. The Morgan fingerprint density at radius 2 is 2.10 bits per heavy atom. The standard InChI is InChI=1S/C13H11FN2O4/c14-10-6-8(12(17)18)3-4-11(10)16-13(19)15-7-9-2-1-5-20-9/h1-6H,7H2,(H,17,18)(H2,15,16,19). The number of nitrogens with one attached hydrogen (secondary N) is 2. The van der Waals surface area contributed by atoms with Crippen LogP contribution in [0.3, 0.4) is 0 Å². The third kappa shape index (κ3) is 3.35. The van der Waals surface area contributed by atoms with E-state index in [0.717, 1.165) is 6.07 Å². The minimum absolute atomic E-state index is 0.105. The molecule has 0 saturated heterocycles. The first-order valence-electron chi connectivity index (χ1n) is 5.66. The first kappa shape index (κ1) is 13.6. The van der Waals surface area contributed by atoms with Gasteiger partial charge < -0.3 is 20.2 Å². The third-order valence-corrected chi connectivity index (χ3v) is 2.47. The Bertz CT molecular complexity index is 625. The largest absolute Gasteiger partial charge is 0.478 e. The molecule has 0 bridgehead atoms. The maximum absolute atomic E-state index is 13.6. The van der Waals surface area contributed by atoms with Gasteiger partial charge in [-0.3, -0.25) is 0 Å². The number of urea groups is 1. The van der Waals surface area contributed by atoms with Crippen LogP contribution in [-0.2, 0) is 6.54 Å². The molecular weight excluding hydrogens is 267 g/mol. The van der Waals surface area contributed by atoms with Gasteiger partial charge in [-0.1, -0.05) is 0 Å². The first-order chi connectivity index (χ1) is 9.56. The molecular formula is C13H11FN2O4. The Hall–Kier alpha value is -2.83. The summed E-state index contributed by atoms with van der Waals surface area (Å²) in [4.78, 5) is 22.2. The fourth-order valence-corrected chi connectivity index (χ4v) is 1.50. The van der Waals surface area contributed by atoms with Gasteiger partial charge in [-0.15, -0.1) is 0 Å². The predicted molar refractivity (Wildman–Crippen MR) is 67.9 cm³/mol. The summed E-state index contributed by atoms with van der Waals surface area (Å²) >= 11 is 0. The van der Waals surface area contributed by atoms with Crippen molar-refractivity contribution in [2.45, 2.75) is 6.54 Å². The van der Waals surface area contributed by atoms with Crippen molar-refractivity contribution in [1.29, 1.82) is 0 Å². The number of carboxylic acids is 1. The molecule has 0 saturated carbocycles. The highest BCUT2D eigenvalue weighted by atomic mass is 19.1. The van der Waals surface area contributed by atoms with Crippen LogP contribution >= 0.6 is 0 Å². The zero-order valence-electron chi connectivity index (χ0n) is 10.2. The fourth-order valence-electron chi connectivity index (χ4n) is 1.50. The fraction of sp³-hybridized carbons (Fsp3) is 0.0769. The normalized spacial score (nSPS) is 10.1. The smallest absolute Gasteiger partial charge is 0.335 e. The number of rotatable bonds is 4. The Labute approximate surface area is 113 Å². The van der Waals surface area contributed by atoms with Crippen molar-refractivity contribution in [2.24, 2.45) is 0 Å². The maximum atomic E-state index is 13.6. The quantitative estimate of drug-likeness (QED) is 0.801. The lowest BCUT2D eigenvalue weighted by Crippen LogP contribution is -2.28. The Balaban J connectivity index is 1.95. The highest BCUT2D eigenvalue weighted by Crippen LogP contribution is 2.15. The average Bonchev–Trinajstić information content (AvgIpc) is 2.91. The van der Waals surface area contributed by atoms with Crippen LogP contribution in [0.1, 0.15) is 16.1 Å². The van der Waals surface area contributed by atoms with Crippen LogP contribution in [0.4, 0.5) is 14.9 Å². The summed E-state index contributed by atoms with van der Waals surface area (Å²) in [7, 11) is 0. The van der Waals surface area contributed by atoms with Crippen molar-refractivity contribution >= 4 is 17.7 Å². The molecule has 0 radical (unpaired) electrons. The van der Waals surface area contributed by atoms with Crippen molar-refractivity contribution in [2.75, 3.05) is 5.32 Å². The SMILES string of the molecule is O=C(NCc1ccco1)Nc1ccc(C(=O)O)cc1F. The molecule has 1 aromatic carbocycles. The number of amides is 2. The van der Waals surface area contributed by atoms with Crippen LogP contribution in [0.25, 0.3) is 0 Å². The highest BCUT2D eigenvalue weighted by molar-refractivity contribution is 5.91. The molecule has 6 nitrogen and oxygen atoms in total. The lowest BCUT2D eigenvalue weighted by atomic mass is 10.2. The van der Waals surface area contributed by atoms with Crippen LogP contribution < -0.4 is 10.6 Å². The predicted octanol–water partition coefficient (Wildman–Crippen LogP) is 2.44. The summed E-state index contributed by atoms with van der Waals surface area (Å²) in [6.45, 7) is 0.160. The molecule has 1 heterocycles.